The predicted octanol–water partition coefficient (Wildman–Crippen LogP) is 0.712. The molecule has 0 amide bonds. The Morgan fingerprint density at radius 1 is 2.00 bits per heavy atom. The standard InChI is InChI=1S/C7H12O2/c1-3-4-6(8)7(2)5-9-7/h3,6,8H,1,4-5H2,2H3/t6-,7+/m1/s1. The van der Waals surface area contributed by atoms with Crippen LogP contribution in [0.2, 0.25) is 0 Å². The molecule has 9 heavy (non-hydrogen) atoms. The Labute approximate surface area is 55.1 Å². The minimum atomic E-state index is -0.366. The molecule has 2 nitrogen and oxygen atoms in total. The molecule has 2 heteroatoms. The first kappa shape index (κ1) is 6.78. The van der Waals surface area contributed by atoms with Crippen LogP contribution >= 0.6 is 0 Å². The number of epoxide rings is 1. The topological polar surface area (TPSA) is 32.8 Å². The highest BCUT2D eigenvalue weighted by Gasteiger charge is 2.45. The Hall–Kier alpha value is -0.340. The quantitative estimate of drug-likeness (QED) is 0.448. The van der Waals surface area contributed by atoms with E-state index in [0.29, 0.717) is 13.0 Å². The third-order valence-electron chi connectivity index (χ3n) is 1.69. The van der Waals surface area contributed by atoms with Crippen molar-refractivity contribution in [1.29, 1.82) is 0 Å². The molecule has 1 saturated heterocycles. The van der Waals surface area contributed by atoms with Gasteiger partial charge in [0.2, 0.25) is 0 Å². The maximum Gasteiger partial charge on any atom is 0.115 e. The maximum atomic E-state index is 9.25. The second-order valence-corrected chi connectivity index (χ2v) is 2.64. The molecule has 1 rings (SSSR count). The molecule has 0 radical (unpaired) electrons. The number of rotatable bonds is 3. The number of aliphatic hydroxyl groups excluding tert-OH is 1. The summed E-state index contributed by atoms with van der Waals surface area (Å²) in [5, 5.41) is 9.25. The highest BCUT2D eigenvalue weighted by Crippen LogP contribution is 2.31. The van der Waals surface area contributed by atoms with Crippen molar-refractivity contribution in [2.45, 2.75) is 25.0 Å². The molecule has 0 aromatic carbocycles. The summed E-state index contributed by atoms with van der Waals surface area (Å²) in [6.45, 7) is 6.11. The molecule has 1 aliphatic heterocycles. The van der Waals surface area contributed by atoms with Crippen molar-refractivity contribution in [3.63, 3.8) is 0 Å². The lowest BCUT2D eigenvalue weighted by Gasteiger charge is -2.10. The first-order valence-electron chi connectivity index (χ1n) is 3.12. The summed E-state index contributed by atoms with van der Waals surface area (Å²) >= 11 is 0. The Balaban J connectivity index is 2.32. The van der Waals surface area contributed by atoms with Crippen LogP contribution in [0.4, 0.5) is 0 Å². The van der Waals surface area contributed by atoms with Crippen LogP contribution in [0.3, 0.4) is 0 Å². The molecule has 0 aromatic rings. The summed E-state index contributed by atoms with van der Waals surface area (Å²) in [4.78, 5) is 0. The fraction of sp³-hybridized carbons (Fsp3) is 0.714. The number of ether oxygens (including phenoxy) is 1. The van der Waals surface area contributed by atoms with Crippen molar-refractivity contribution in [3.05, 3.63) is 12.7 Å². The van der Waals surface area contributed by atoms with E-state index in [1.807, 2.05) is 6.92 Å². The minimum Gasteiger partial charge on any atom is -0.390 e. The van der Waals surface area contributed by atoms with E-state index in [9.17, 15) is 5.11 Å². The van der Waals surface area contributed by atoms with Gasteiger partial charge >= 0.3 is 0 Å². The van der Waals surface area contributed by atoms with E-state index >= 15 is 0 Å². The normalized spacial score (nSPS) is 35.8. The molecule has 1 fully saturated rings. The molecule has 52 valence electrons. The zero-order chi connectivity index (χ0) is 6.91. The van der Waals surface area contributed by atoms with E-state index in [1.54, 1.807) is 6.08 Å². The van der Waals surface area contributed by atoms with Gasteiger partial charge in [0.05, 0.1) is 12.7 Å². The molecule has 0 aromatic heterocycles. The average Bonchev–Trinajstić information content (AvgIpc) is 2.50. The summed E-state index contributed by atoms with van der Waals surface area (Å²) in [7, 11) is 0. The Bertz CT molecular complexity index is 116. The van der Waals surface area contributed by atoms with Crippen molar-refractivity contribution in [1.82, 2.24) is 0 Å². The number of hydrogen-bond acceptors (Lipinski definition) is 2. The van der Waals surface area contributed by atoms with Crippen LogP contribution in [0.1, 0.15) is 13.3 Å². The van der Waals surface area contributed by atoms with Crippen LogP contribution in [0.15, 0.2) is 12.7 Å². The van der Waals surface area contributed by atoms with Crippen molar-refractivity contribution in [3.8, 4) is 0 Å². The maximum absolute atomic E-state index is 9.25. The first-order valence-corrected chi connectivity index (χ1v) is 3.12. The predicted molar refractivity (Wildman–Crippen MR) is 35.2 cm³/mol. The summed E-state index contributed by atoms with van der Waals surface area (Å²) in [6, 6.07) is 0. The van der Waals surface area contributed by atoms with E-state index in [-0.39, 0.29) is 11.7 Å². The van der Waals surface area contributed by atoms with Gasteiger partial charge in [-0.1, -0.05) is 6.08 Å². The van der Waals surface area contributed by atoms with Crippen molar-refractivity contribution in [2.75, 3.05) is 6.61 Å². The first-order chi connectivity index (χ1) is 4.19. The SMILES string of the molecule is C=CC[C@@H](O)[C@]1(C)CO1. The monoisotopic (exact) mass is 128 g/mol. The fourth-order valence-electron chi connectivity index (χ4n) is 0.713. The molecule has 0 bridgehead atoms. The van der Waals surface area contributed by atoms with E-state index in [1.165, 1.54) is 0 Å². The second-order valence-electron chi connectivity index (χ2n) is 2.64. The lowest BCUT2D eigenvalue weighted by molar-refractivity contribution is 0.0874. The lowest BCUT2D eigenvalue weighted by Crippen LogP contribution is -2.25. The van der Waals surface area contributed by atoms with Gasteiger partial charge in [-0.15, -0.1) is 6.58 Å². The van der Waals surface area contributed by atoms with Gasteiger partial charge in [-0.05, 0) is 13.3 Å². The van der Waals surface area contributed by atoms with Gasteiger partial charge in [-0.25, -0.2) is 0 Å². The third-order valence-corrected chi connectivity index (χ3v) is 1.69. The smallest absolute Gasteiger partial charge is 0.115 e. The van der Waals surface area contributed by atoms with Gasteiger partial charge in [0.15, 0.2) is 0 Å². The van der Waals surface area contributed by atoms with Crippen molar-refractivity contribution in [2.24, 2.45) is 0 Å². The van der Waals surface area contributed by atoms with Crippen LogP contribution in [0.5, 0.6) is 0 Å². The van der Waals surface area contributed by atoms with Gasteiger partial charge in [-0.3, -0.25) is 0 Å². The Morgan fingerprint density at radius 3 is 2.89 bits per heavy atom. The van der Waals surface area contributed by atoms with Gasteiger partial charge in [0.1, 0.15) is 5.60 Å². The lowest BCUT2D eigenvalue weighted by atomic mass is 10.0. The van der Waals surface area contributed by atoms with Gasteiger partial charge in [0.25, 0.3) is 0 Å². The van der Waals surface area contributed by atoms with Crippen LogP contribution in [0.25, 0.3) is 0 Å². The van der Waals surface area contributed by atoms with Crippen LogP contribution in [0, 0.1) is 0 Å². The molecular formula is C7H12O2. The van der Waals surface area contributed by atoms with Gasteiger partial charge in [0, 0.05) is 0 Å². The van der Waals surface area contributed by atoms with Crippen LogP contribution in [-0.4, -0.2) is 23.4 Å². The van der Waals surface area contributed by atoms with E-state index in [4.69, 9.17) is 4.74 Å². The molecule has 0 unspecified atom stereocenters. The average molecular weight is 128 g/mol. The largest absolute Gasteiger partial charge is 0.390 e. The second kappa shape index (κ2) is 2.12. The number of aliphatic hydroxyl groups is 1. The molecular weight excluding hydrogens is 116 g/mol. The molecule has 0 aliphatic carbocycles. The van der Waals surface area contributed by atoms with Crippen LogP contribution < -0.4 is 0 Å². The fourth-order valence-corrected chi connectivity index (χ4v) is 0.713. The van der Waals surface area contributed by atoms with Crippen LogP contribution in [-0.2, 0) is 4.74 Å². The highest BCUT2D eigenvalue weighted by molar-refractivity contribution is 4.96. The molecule has 0 saturated carbocycles. The molecule has 2 atom stereocenters. The Kier molecular flexibility index (Phi) is 1.60. The number of hydrogen-bond donors (Lipinski definition) is 1. The zero-order valence-electron chi connectivity index (χ0n) is 5.63. The summed E-state index contributed by atoms with van der Waals surface area (Å²) < 4.78 is 5.01. The van der Waals surface area contributed by atoms with Crippen molar-refractivity contribution < 1.29 is 9.84 Å². The van der Waals surface area contributed by atoms with Gasteiger partial charge < -0.3 is 9.84 Å². The summed E-state index contributed by atoms with van der Waals surface area (Å²) in [6.07, 6.45) is 1.96. The zero-order valence-corrected chi connectivity index (χ0v) is 5.63. The van der Waals surface area contributed by atoms with E-state index < -0.39 is 0 Å². The summed E-state index contributed by atoms with van der Waals surface area (Å²) in [5.74, 6) is 0. The molecule has 1 aliphatic rings. The third kappa shape index (κ3) is 1.32. The summed E-state index contributed by atoms with van der Waals surface area (Å²) in [5.41, 5.74) is -0.256. The molecule has 1 heterocycles. The minimum absolute atomic E-state index is 0.256. The Morgan fingerprint density at radius 2 is 2.56 bits per heavy atom. The van der Waals surface area contributed by atoms with Gasteiger partial charge in [-0.2, -0.15) is 0 Å². The van der Waals surface area contributed by atoms with E-state index in [0.717, 1.165) is 0 Å². The van der Waals surface area contributed by atoms with Crippen molar-refractivity contribution >= 4 is 0 Å². The highest BCUT2D eigenvalue weighted by atomic mass is 16.6. The van der Waals surface area contributed by atoms with E-state index in [2.05, 4.69) is 6.58 Å². The molecule has 1 N–H and O–H groups in total. The molecule has 0 spiro atoms.